The molecule has 0 radical (unpaired) electrons. The number of nitrogens with two attached hydrogens (primary N) is 1. The zero-order valence-electron chi connectivity index (χ0n) is 5.71. The summed E-state index contributed by atoms with van der Waals surface area (Å²) < 4.78 is 8.93. The van der Waals surface area contributed by atoms with Gasteiger partial charge in [0.1, 0.15) is 5.75 Å². The zero-order chi connectivity index (χ0) is 8.69. The van der Waals surface area contributed by atoms with Crippen LogP contribution in [0.5, 0.6) is 5.75 Å². The molecule has 0 aromatic heterocycles. The van der Waals surface area contributed by atoms with Gasteiger partial charge in [0, 0.05) is 0 Å². The topological polar surface area (TPSA) is 83.6 Å². The molecule has 0 saturated carbocycles. The van der Waals surface area contributed by atoms with Gasteiger partial charge in [0.2, 0.25) is 0 Å². The predicted molar refractivity (Wildman–Crippen MR) is 42.1 cm³/mol. The van der Waals surface area contributed by atoms with Crippen molar-refractivity contribution in [1.82, 2.24) is 0 Å². The molecule has 4 N–H and O–H groups in total. The van der Waals surface area contributed by atoms with Crippen molar-refractivity contribution in [2.24, 2.45) is 5.50 Å². The molecule has 0 aliphatic rings. The summed E-state index contributed by atoms with van der Waals surface area (Å²) in [6.45, 7) is 0. The van der Waals surface area contributed by atoms with Crippen LogP contribution in [0.2, 0.25) is 0 Å². The van der Waals surface area contributed by atoms with Crippen LogP contribution in [0.4, 0.5) is 0 Å². The summed E-state index contributed by atoms with van der Waals surface area (Å²) >= 11 is 0. The van der Waals surface area contributed by atoms with Gasteiger partial charge in [-0.2, -0.15) is 0 Å². The fourth-order valence-electron chi connectivity index (χ4n) is 0.428. The summed E-state index contributed by atoms with van der Waals surface area (Å²) in [6, 6.07) is 8.71. The van der Waals surface area contributed by atoms with E-state index in [0.29, 0.717) is 5.75 Å². The average molecular weight is 174 g/mol. The molecule has 1 atom stereocenters. The molecule has 4 nitrogen and oxygen atoms in total. The maximum absolute atomic E-state index is 8.93. The third-order valence-electron chi connectivity index (χ3n) is 0.756. The van der Waals surface area contributed by atoms with Crippen LogP contribution in [0.15, 0.2) is 30.3 Å². The molecular weight excluding hydrogens is 165 g/mol. The van der Waals surface area contributed by atoms with Gasteiger partial charge in [0.25, 0.3) is 0 Å². The molecule has 5 heteroatoms. The normalized spacial score (nSPS) is 9.45. The van der Waals surface area contributed by atoms with Crippen LogP contribution in [-0.4, -0.2) is 10.00 Å². The largest absolute Gasteiger partial charge is 0.607 e. The highest BCUT2D eigenvalue weighted by molar-refractivity contribution is 7.35. The molecule has 0 aliphatic carbocycles. The minimum Gasteiger partial charge on any atom is -0.508 e. The molecule has 0 spiro atoms. The van der Waals surface area contributed by atoms with Gasteiger partial charge in [-0.1, -0.05) is 23.7 Å². The van der Waals surface area contributed by atoms with Crippen molar-refractivity contribution in [3.63, 3.8) is 0 Å². The van der Waals surface area contributed by atoms with E-state index < -0.39 is 8.18 Å². The molecule has 0 saturated heterocycles. The van der Waals surface area contributed by atoms with E-state index in [0.717, 1.165) is 0 Å². The van der Waals surface area contributed by atoms with E-state index in [2.05, 4.69) is 5.50 Å². The highest BCUT2D eigenvalue weighted by Gasteiger charge is 1.88. The van der Waals surface area contributed by atoms with Crippen LogP contribution in [-0.2, 0) is 4.57 Å². The standard InChI is InChI=1S/C6H6O.H2NO2P/c7-6-4-2-1-3-5-6;1-4(2)3/h1-5,7H;(H2-,1,2,3)/p+1. The molecule has 1 aromatic rings. The van der Waals surface area contributed by atoms with Crippen molar-refractivity contribution in [2.75, 3.05) is 0 Å². The molecule has 1 aromatic carbocycles. The van der Waals surface area contributed by atoms with Gasteiger partial charge in [0.05, 0.1) is 0 Å². The van der Waals surface area contributed by atoms with Gasteiger partial charge in [-0.05, 0) is 16.7 Å². The van der Waals surface area contributed by atoms with E-state index in [1.807, 2.05) is 6.07 Å². The second kappa shape index (κ2) is 5.80. The van der Waals surface area contributed by atoms with Gasteiger partial charge >= 0.3 is 8.18 Å². The van der Waals surface area contributed by atoms with E-state index in [1.165, 1.54) is 0 Å². The van der Waals surface area contributed by atoms with E-state index >= 15 is 0 Å². The van der Waals surface area contributed by atoms with Gasteiger partial charge in [0.15, 0.2) is 0 Å². The zero-order valence-corrected chi connectivity index (χ0v) is 6.61. The summed E-state index contributed by atoms with van der Waals surface area (Å²) in [4.78, 5) is 7.34. The van der Waals surface area contributed by atoms with Gasteiger partial charge in [-0.15, -0.1) is 4.89 Å². The van der Waals surface area contributed by atoms with Crippen molar-refractivity contribution in [3.8, 4) is 5.75 Å². The molecule has 60 valence electrons. The Labute approximate surface area is 65.2 Å². The predicted octanol–water partition coefficient (Wildman–Crippen LogP) is 0.987. The maximum atomic E-state index is 8.93. The summed E-state index contributed by atoms with van der Waals surface area (Å²) in [5, 5.41) is 8.63. The molecule has 1 unspecified atom stereocenters. The summed E-state index contributed by atoms with van der Waals surface area (Å²) in [5.74, 6) is 0.322. The summed E-state index contributed by atoms with van der Waals surface area (Å²) in [5.41, 5.74) is 4.18. The molecule has 0 fully saturated rings. The second-order valence-corrected chi connectivity index (χ2v) is 2.24. The van der Waals surface area contributed by atoms with Gasteiger partial charge in [-0.25, -0.2) is 0 Å². The Balaban J connectivity index is 0.000000218. The molecule has 0 bridgehead atoms. The smallest absolute Gasteiger partial charge is 0.508 e. The van der Waals surface area contributed by atoms with E-state index in [9.17, 15) is 0 Å². The second-order valence-electron chi connectivity index (χ2n) is 1.64. The van der Waals surface area contributed by atoms with Crippen LogP contribution >= 0.6 is 8.18 Å². The first kappa shape index (κ1) is 10.0. The Kier molecular flexibility index (Phi) is 5.29. The summed E-state index contributed by atoms with van der Waals surface area (Å²) in [6.07, 6.45) is 0. The Morgan fingerprint density at radius 3 is 1.82 bits per heavy atom. The van der Waals surface area contributed by atoms with E-state index in [-0.39, 0.29) is 0 Å². The van der Waals surface area contributed by atoms with E-state index in [1.54, 1.807) is 24.3 Å². The van der Waals surface area contributed by atoms with Crippen molar-refractivity contribution >= 4 is 8.18 Å². The van der Waals surface area contributed by atoms with Crippen molar-refractivity contribution in [3.05, 3.63) is 30.3 Å². The lowest BCUT2D eigenvalue weighted by Crippen LogP contribution is -1.68. The molecule has 11 heavy (non-hydrogen) atoms. The number of benzene rings is 1. The van der Waals surface area contributed by atoms with Crippen molar-refractivity contribution < 1.29 is 14.6 Å². The van der Waals surface area contributed by atoms with Crippen LogP contribution in [0, 0.1) is 0 Å². The lowest BCUT2D eigenvalue weighted by atomic mass is 10.3. The van der Waals surface area contributed by atoms with Crippen molar-refractivity contribution in [2.45, 2.75) is 0 Å². The van der Waals surface area contributed by atoms with Gasteiger partial charge < -0.3 is 5.11 Å². The lowest BCUT2D eigenvalue weighted by molar-refractivity contribution is 0.475. The van der Waals surface area contributed by atoms with Crippen LogP contribution in [0.25, 0.3) is 0 Å². The first-order valence-corrected chi connectivity index (χ1v) is 4.06. The number of para-hydroxylation sites is 1. The number of phenols is 1. The monoisotopic (exact) mass is 174 g/mol. The number of hydrogen-bond acceptors (Lipinski definition) is 2. The molecule has 0 heterocycles. The Morgan fingerprint density at radius 2 is 1.64 bits per heavy atom. The highest BCUT2D eigenvalue weighted by Crippen LogP contribution is 2.02. The molecular formula is C6H9NO3P+. The van der Waals surface area contributed by atoms with E-state index in [4.69, 9.17) is 14.6 Å². The minimum absolute atomic E-state index is 0.322. The first-order valence-electron chi connectivity index (χ1n) is 2.78. The third kappa shape index (κ3) is 9.04. The van der Waals surface area contributed by atoms with Crippen LogP contribution in [0.3, 0.4) is 0 Å². The third-order valence-corrected chi connectivity index (χ3v) is 0.756. The van der Waals surface area contributed by atoms with Gasteiger partial charge in [-0.3, -0.25) is 0 Å². The molecule has 0 aliphatic heterocycles. The van der Waals surface area contributed by atoms with Crippen molar-refractivity contribution in [1.29, 1.82) is 0 Å². The Morgan fingerprint density at radius 1 is 1.27 bits per heavy atom. The highest BCUT2D eigenvalue weighted by atomic mass is 31.1. The SMILES string of the molecule is N[P+](=O)O.Oc1ccccc1. The van der Waals surface area contributed by atoms with Crippen LogP contribution < -0.4 is 5.50 Å². The number of rotatable bonds is 0. The lowest BCUT2D eigenvalue weighted by Gasteiger charge is -1.82. The minimum atomic E-state index is -2.37. The quantitative estimate of drug-likeness (QED) is 0.512. The number of hydrogen-bond donors (Lipinski definition) is 3. The Bertz CT molecular complexity index is 210. The summed E-state index contributed by atoms with van der Waals surface area (Å²) in [7, 11) is -2.37. The molecule has 1 rings (SSSR count). The Hall–Kier alpha value is -0.960. The first-order chi connectivity index (χ1) is 5.13. The molecule has 0 amide bonds. The fraction of sp³-hybridized carbons (Fsp3) is 0. The average Bonchev–Trinajstić information content (AvgIpc) is 1.87. The number of aromatic hydroxyl groups is 1. The fourth-order valence-corrected chi connectivity index (χ4v) is 0.428. The number of phenolic OH excluding ortho intramolecular Hbond substituents is 1. The maximum Gasteiger partial charge on any atom is 0.607 e. The van der Waals surface area contributed by atoms with Crippen LogP contribution in [0.1, 0.15) is 0 Å².